The number of carbonyl (C=O) groups is 2. The maximum Gasteiger partial charge on any atom is 0.244 e. The number of nitrogens with zero attached hydrogens (tertiary/aromatic N) is 1. The normalized spacial score (nSPS) is 20.8. The minimum Gasteiger partial charge on any atom is -0.495 e. The molecular weight excluding hydrogens is 471 g/mol. The number of hydrogen-bond donors (Lipinski definition) is 1. The van der Waals surface area contributed by atoms with Gasteiger partial charge in [-0.25, -0.2) is 17.5 Å². The topological polar surface area (TPSA) is 92.8 Å². The Morgan fingerprint density at radius 3 is 2.30 bits per heavy atom. The summed E-state index contributed by atoms with van der Waals surface area (Å²) in [5, 5.41) is -0.105. The van der Waals surface area contributed by atoms with Crippen LogP contribution < -0.4 is 9.46 Å². The van der Waals surface area contributed by atoms with Crippen molar-refractivity contribution in [1.29, 1.82) is 0 Å². The molecule has 0 bridgehead atoms. The van der Waals surface area contributed by atoms with Gasteiger partial charge in [-0.1, -0.05) is 36.6 Å². The summed E-state index contributed by atoms with van der Waals surface area (Å²) in [6, 6.07) is 8.48. The van der Waals surface area contributed by atoms with E-state index in [2.05, 4.69) is 4.72 Å². The lowest BCUT2D eigenvalue weighted by Crippen LogP contribution is -2.30. The fraction of sp³-hybridized carbons (Fsp3) is 0.391. The second kappa shape index (κ2) is 9.40. The molecule has 2 aliphatic rings. The third-order valence-electron chi connectivity index (χ3n) is 6.24. The van der Waals surface area contributed by atoms with Crippen molar-refractivity contribution in [2.45, 2.75) is 43.7 Å². The van der Waals surface area contributed by atoms with Crippen LogP contribution in [0.1, 0.15) is 36.8 Å². The molecule has 0 radical (unpaired) electrons. The van der Waals surface area contributed by atoms with Gasteiger partial charge in [-0.3, -0.25) is 14.5 Å². The Labute approximate surface area is 196 Å². The molecule has 1 aliphatic heterocycles. The van der Waals surface area contributed by atoms with Crippen LogP contribution in [0.25, 0.3) is 0 Å². The number of sulfonamides is 1. The second-order valence-electron chi connectivity index (χ2n) is 8.32. The van der Waals surface area contributed by atoms with Crippen molar-refractivity contribution in [2.24, 2.45) is 11.8 Å². The molecule has 176 valence electrons. The second-order valence-corrected chi connectivity index (χ2v) is 10.5. The first-order valence-electron chi connectivity index (χ1n) is 10.7. The maximum absolute atomic E-state index is 13.4. The van der Waals surface area contributed by atoms with Crippen LogP contribution in [0.5, 0.6) is 5.75 Å². The van der Waals surface area contributed by atoms with E-state index in [-0.39, 0.29) is 52.4 Å². The number of imide groups is 1. The molecule has 1 N–H and O–H groups in total. The molecule has 1 heterocycles. The standard InChI is InChI=1S/C23H24ClFN2O5S/c1-32-20-9-7-15(13-27-22(28)16-4-2-3-5-17(16)23(27)29)11-21(20)33(30,31)26-12-14-6-8-19(25)18(24)10-14/h6-11,16-17,26H,2-5,12-13H2,1H3. The number of rotatable bonds is 7. The molecule has 1 saturated heterocycles. The highest BCUT2D eigenvalue weighted by Gasteiger charge is 2.47. The van der Waals surface area contributed by atoms with E-state index in [0.29, 0.717) is 24.0 Å². The number of methoxy groups -OCH3 is 1. The highest BCUT2D eigenvalue weighted by molar-refractivity contribution is 7.89. The average molecular weight is 495 g/mol. The van der Waals surface area contributed by atoms with E-state index in [4.69, 9.17) is 16.3 Å². The SMILES string of the molecule is COc1ccc(CN2C(=O)C3CCCCC3C2=O)cc1S(=O)(=O)NCc1ccc(F)c(Cl)c1. The van der Waals surface area contributed by atoms with Gasteiger partial charge in [-0.15, -0.1) is 0 Å². The Morgan fingerprint density at radius 1 is 1.06 bits per heavy atom. The molecule has 2 aromatic rings. The van der Waals surface area contributed by atoms with Crippen LogP contribution in [-0.4, -0.2) is 32.2 Å². The molecule has 7 nitrogen and oxygen atoms in total. The van der Waals surface area contributed by atoms with Crippen LogP contribution in [0, 0.1) is 17.7 Å². The summed E-state index contributed by atoms with van der Waals surface area (Å²) in [5.74, 6) is -1.37. The summed E-state index contributed by atoms with van der Waals surface area (Å²) in [4.78, 5) is 26.7. The molecule has 10 heteroatoms. The van der Waals surface area contributed by atoms with Crippen LogP contribution in [0.3, 0.4) is 0 Å². The Balaban J connectivity index is 1.55. The van der Waals surface area contributed by atoms with Crippen LogP contribution >= 0.6 is 11.6 Å². The molecule has 2 unspecified atom stereocenters. The van der Waals surface area contributed by atoms with Gasteiger partial charge in [0.15, 0.2) is 0 Å². The van der Waals surface area contributed by atoms with E-state index < -0.39 is 15.8 Å². The smallest absolute Gasteiger partial charge is 0.244 e. The van der Waals surface area contributed by atoms with Gasteiger partial charge in [0.2, 0.25) is 21.8 Å². The monoisotopic (exact) mass is 494 g/mol. The summed E-state index contributed by atoms with van der Waals surface area (Å²) in [5.41, 5.74) is 0.984. The molecule has 33 heavy (non-hydrogen) atoms. The first-order valence-corrected chi connectivity index (χ1v) is 12.5. The van der Waals surface area contributed by atoms with Crippen molar-refractivity contribution in [3.63, 3.8) is 0 Å². The number of nitrogens with one attached hydrogen (secondary N) is 1. The lowest BCUT2D eigenvalue weighted by atomic mass is 9.81. The third kappa shape index (κ3) is 4.76. The van der Waals surface area contributed by atoms with Gasteiger partial charge in [0, 0.05) is 6.54 Å². The average Bonchev–Trinajstić information content (AvgIpc) is 3.05. The Hall–Kier alpha value is -2.49. The zero-order valence-corrected chi connectivity index (χ0v) is 19.6. The quantitative estimate of drug-likeness (QED) is 0.593. The van der Waals surface area contributed by atoms with Crippen LogP contribution in [0.15, 0.2) is 41.3 Å². The molecule has 2 atom stereocenters. The number of amides is 2. The van der Waals surface area contributed by atoms with E-state index in [0.717, 1.165) is 18.9 Å². The van der Waals surface area contributed by atoms with Crippen molar-refractivity contribution >= 4 is 33.4 Å². The van der Waals surface area contributed by atoms with Gasteiger partial charge in [0.05, 0.1) is 30.5 Å². The van der Waals surface area contributed by atoms with Crippen molar-refractivity contribution in [3.8, 4) is 5.75 Å². The van der Waals surface area contributed by atoms with Crippen molar-refractivity contribution < 1.29 is 27.1 Å². The van der Waals surface area contributed by atoms with Crippen molar-refractivity contribution in [3.05, 3.63) is 58.4 Å². The van der Waals surface area contributed by atoms with Crippen LogP contribution in [0.2, 0.25) is 5.02 Å². The minimum absolute atomic E-state index is 0.00471. The number of hydrogen-bond acceptors (Lipinski definition) is 5. The fourth-order valence-corrected chi connectivity index (χ4v) is 5.94. The molecule has 2 aromatic carbocycles. The number of ether oxygens (including phenoxy) is 1. The predicted molar refractivity (Wildman–Crippen MR) is 119 cm³/mol. The number of benzene rings is 2. The van der Waals surface area contributed by atoms with Gasteiger partial charge in [0.1, 0.15) is 16.5 Å². The molecule has 4 rings (SSSR count). The first kappa shape index (κ1) is 23.7. The molecule has 1 aliphatic carbocycles. The number of likely N-dealkylation sites (tertiary alicyclic amines) is 1. The molecule has 2 amide bonds. The van der Waals surface area contributed by atoms with E-state index >= 15 is 0 Å². The van der Waals surface area contributed by atoms with E-state index in [1.807, 2.05) is 0 Å². The van der Waals surface area contributed by atoms with Crippen LogP contribution in [-0.2, 0) is 32.7 Å². The Kier molecular flexibility index (Phi) is 6.74. The van der Waals surface area contributed by atoms with Gasteiger partial charge in [-0.2, -0.15) is 0 Å². The zero-order chi connectivity index (χ0) is 23.8. The Morgan fingerprint density at radius 2 is 1.70 bits per heavy atom. The maximum atomic E-state index is 13.4. The lowest BCUT2D eigenvalue weighted by Gasteiger charge is -2.19. The number of halogens is 2. The molecule has 2 fully saturated rings. The van der Waals surface area contributed by atoms with Gasteiger partial charge < -0.3 is 4.74 Å². The number of fused-ring (bicyclic) bond motifs is 1. The number of carbonyl (C=O) groups excluding carboxylic acids is 2. The predicted octanol–water partition coefficient (Wildman–Crippen LogP) is 3.64. The zero-order valence-electron chi connectivity index (χ0n) is 18.0. The summed E-state index contributed by atoms with van der Waals surface area (Å²) in [7, 11) is -2.68. The molecular formula is C23H24ClFN2O5S. The van der Waals surface area contributed by atoms with Gasteiger partial charge in [-0.05, 0) is 48.2 Å². The van der Waals surface area contributed by atoms with Crippen molar-refractivity contribution in [1.82, 2.24) is 9.62 Å². The summed E-state index contributed by atoms with van der Waals surface area (Å²) in [6.45, 7) is -0.104. The summed E-state index contributed by atoms with van der Waals surface area (Å²) in [6.07, 6.45) is 3.30. The van der Waals surface area contributed by atoms with Gasteiger partial charge in [0.25, 0.3) is 0 Å². The minimum atomic E-state index is -4.03. The van der Waals surface area contributed by atoms with E-state index in [1.165, 1.54) is 36.3 Å². The van der Waals surface area contributed by atoms with Gasteiger partial charge >= 0.3 is 0 Å². The van der Waals surface area contributed by atoms with Crippen molar-refractivity contribution in [2.75, 3.05) is 7.11 Å². The molecule has 1 saturated carbocycles. The van der Waals surface area contributed by atoms with E-state index in [9.17, 15) is 22.4 Å². The third-order valence-corrected chi connectivity index (χ3v) is 7.95. The summed E-state index contributed by atoms with van der Waals surface area (Å²) < 4.78 is 47.1. The highest BCUT2D eigenvalue weighted by atomic mass is 35.5. The highest BCUT2D eigenvalue weighted by Crippen LogP contribution is 2.39. The Bertz CT molecular complexity index is 1180. The van der Waals surface area contributed by atoms with E-state index in [1.54, 1.807) is 6.07 Å². The fourth-order valence-electron chi connectivity index (χ4n) is 4.50. The molecule has 0 spiro atoms. The summed E-state index contributed by atoms with van der Waals surface area (Å²) >= 11 is 5.77. The largest absolute Gasteiger partial charge is 0.495 e. The molecule has 0 aromatic heterocycles. The first-order chi connectivity index (χ1) is 15.7. The van der Waals surface area contributed by atoms with Crippen LogP contribution in [0.4, 0.5) is 4.39 Å². The lowest BCUT2D eigenvalue weighted by molar-refractivity contribution is -0.140.